The van der Waals surface area contributed by atoms with E-state index < -0.39 is 39.8 Å². The van der Waals surface area contributed by atoms with Gasteiger partial charge in [-0.25, -0.2) is 0 Å². The number of rotatable bonds is 2. The Morgan fingerprint density at radius 2 is 2.00 bits per heavy atom. The van der Waals surface area contributed by atoms with E-state index in [9.17, 15) is 24.9 Å². The van der Waals surface area contributed by atoms with Gasteiger partial charge in [0.2, 0.25) is 0 Å². The number of aliphatic hydroxyl groups excluding tert-OH is 2. The minimum Gasteiger partial charge on any atom is -0.391 e. The fraction of sp³-hybridized carbons (Fsp3) is 0.727. The molecule has 0 aromatic carbocycles. The summed E-state index contributed by atoms with van der Waals surface area (Å²) in [6.45, 7) is 4.97. The number of alkyl halides is 1. The van der Waals surface area contributed by atoms with Crippen molar-refractivity contribution in [3.63, 3.8) is 0 Å². The molecule has 6 heteroatoms. The molecule has 28 heavy (non-hydrogen) atoms. The Morgan fingerprint density at radius 1 is 1.32 bits per heavy atom. The van der Waals surface area contributed by atoms with E-state index in [0.717, 1.165) is 5.57 Å². The molecule has 0 spiro atoms. The van der Waals surface area contributed by atoms with Gasteiger partial charge in [-0.3, -0.25) is 9.59 Å². The molecule has 4 aliphatic rings. The molecule has 0 saturated heterocycles. The average Bonchev–Trinajstić information content (AvgIpc) is 2.84. The van der Waals surface area contributed by atoms with Crippen molar-refractivity contribution in [1.29, 1.82) is 0 Å². The van der Waals surface area contributed by atoms with E-state index in [4.69, 9.17) is 11.6 Å². The standard InChI is InChI=1S/C22H29ClO5/c1-12-8-16-15-5-4-13-9-14(25)6-7-19(13,2)21(15,23)17(26)10-20(16,3)22(12,28)18(27)11-24/h6-7,9,12,15-17,24,26,28H,4-5,8,10-11H2,1-3H3/t12-,15+,16+,17+,19-,20+,21+,22+/m0/s1. The van der Waals surface area contributed by atoms with E-state index in [-0.39, 0.29) is 30.0 Å². The molecular weight excluding hydrogens is 380 g/mol. The Kier molecular flexibility index (Phi) is 4.35. The second-order valence-corrected chi connectivity index (χ2v) is 10.4. The molecule has 0 aliphatic heterocycles. The van der Waals surface area contributed by atoms with Crippen molar-refractivity contribution in [3.05, 3.63) is 23.8 Å². The van der Waals surface area contributed by atoms with E-state index >= 15 is 0 Å². The molecule has 0 unspecified atom stereocenters. The summed E-state index contributed by atoms with van der Waals surface area (Å²) >= 11 is 7.30. The van der Waals surface area contributed by atoms with E-state index in [1.807, 2.05) is 26.8 Å². The van der Waals surface area contributed by atoms with Crippen molar-refractivity contribution >= 4 is 23.2 Å². The third-order valence-corrected chi connectivity index (χ3v) is 9.72. The minimum atomic E-state index is -1.68. The van der Waals surface area contributed by atoms with Crippen LogP contribution < -0.4 is 0 Å². The third-order valence-electron chi connectivity index (χ3n) is 8.79. The second-order valence-electron chi connectivity index (χ2n) is 9.75. The van der Waals surface area contributed by atoms with Crippen molar-refractivity contribution in [2.45, 2.75) is 63.0 Å². The van der Waals surface area contributed by atoms with Crippen LogP contribution in [-0.4, -0.2) is 50.1 Å². The van der Waals surface area contributed by atoms with Gasteiger partial charge in [0.15, 0.2) is 11.6 Å². The molecule has 3 saturated carbocycles. The summed E-state index contributed by atoms with van der Waals surface area (Å²) in [6.07, 6.45) is 6.22. The normalized spacial score (nSPS) is 52.5. The second kappa shape index (κ2) is 6.00. The number of hydrogen-bond acceptors (Lipinski definition) is 5. The molecular formula is C22H29ClO5. The molecule has 8 atom stereocenters. The zero-order valence-corrected chi connectivity index (χ0v) is 17.4. The van der Waals surface area contributed by atoms with E-state index in [1.165, 1.54) is 6.08 Å². The van der Waals surface area contributed by atoms with Gasteiger partial charge in [-0.1, -0.05) is 32.4 Å². The molecule has 0 radical (unpaired) electrons. The number of hydrogen-bond donors (Lipinski definition) is 3. The molecule has 4 aliphatic carbocycles. The van der Waals surface area contributed by atoms with Crippen LogP contribution in [0.4, 0.5) is 0 Å². The van der Waals surface area contributed by atoms with E-state index in [2.05, 4.69) is 0 Å². The van der Waals surface area contributed by atoms with Gasteiger partial charge >= 0.3 is 0 Å². The SMILES string of the molecule is C[C@H]1C[C@@H]2[C@H]3CCC4=CC(=O)C=C[C@]4(C)[C@]3(Cl)[C@H](O)C[C@@]2(C)[C@]1(O)C(=O)CO. The Bertz CT molecular complexity index is 805. The molecule has 0 bridgehead atoms. The Labute approximate surface area is 170 Å². The molecule has 0 aromatic rings. The number of allylic oxidation sites excluding steroid dienone is 4. The van der Waals surface area contributed by atoms with Crippen LogP contribution in [0.1, 0.15) is 46.5 Å². The maximum atomic E-state index is 12.6. The highest BCUT2D eigenvalue weighted by Crippen LogP contribution is 2.71. The summed E-state index contributed by atoms with van der Waals surface area (Å²) in [6, 6.07) is 0. The molecule has 5 nitrogen and oxygen atoms in total. The Balaban J connectivity index is 1.84. The van der Waals surface area contributed by atoms with Gasteiger partial charge in [0.05, 0.1) is 11.0 Å². The van der Waals surface area contributed by atoms with Crippen molar-refractivity contribution in [1.82, 2.24) is 0 Å². The van der Waals surface area contributed by atoms with Crippen molar-refractivity contribution in [2.24, 2.45) is 28.6 Å². The third kappa shape index (κ3) is 2.09. The van der Waals surface area contributed by atoms with Crippen LogP contribution in [0, 0.1) is 28.6 Å². The molecule has 154 valence electrons. The first kappa shape index (κ1) is 20.3. The lowest BCUT2D eigenvalue weighted by Crippen LogP contribution is -2.69. The summed E-state index contributed by atoms with van der Waals surface area (Å²) < 4.78 is 0. The summed E-state index contributed by atoms with van der Waals surface area (Å²) in [5.74, 6) is -1.15. The van der Waals surface area contributed by atoms with Crippen LogP contribution in [0.2, 0.25) is 0 Å². The molecule has 3 N–H and O–H groups in total. The smallest absolute Gasteiger partial charge is 0.190 e. The lowest BCUT2D eigenvalue weighted by atomic mass is 9.45. The zero-order chi connectivity index (χ0) is 20.7. The topological polar surface area (TPSA) is 94.8 Å². The summed E-state index contributed by atoms with van der Waals surface area (Å²) in [4.78, 5) is 23.5. The van der Waals surface area contributed by atoms with Crippen LogP contribution >= 0.6 is 11.6 Å². The van der Waals surface area contributed by atoms with Crippen molar-refractivity contribution < 1.29 is 24.9 Å². The van der Waals surface area contributed by atoms with Crippen LogP contribution in [0.3, 0.4) is 0 Å². The van der Waals surface area contributed by atoms with Crippen molar-refractivity contribution in [3.8, 4) is 0 Å². The largest absolute Gasteiger partial charge is 0.391 e. The first-order valence-corrected chi connectivity index (χ1v) is 10.5. The van der Waals surface area contributed by atoms with Gasteiger partial charge in [-0.2, -0.15) is 0 Å². The van der Waals surface area contributed by atoms with Gasteiger partial charge in [0.1, 0.15) is 12.2 Å². The Hall–Kier alpha value is -1.01. The highest BCUT2D eigenvalue weighted by molar-refractivity contribution is 6.26. The minimum absolute atomic E-state index is 0.0567. The van der Waals surface area contributed by atoms with Gasteiger partial charge in [0.25, 0.3) is 0 Å². The van der Waals surface area contributed by atoms with Crippen LogP contribution in [-0.2, 0) is 9.59 Å². The van der Waals surface area contributed by atoms with Gasteiger partial charge < -0.3 is 15.3 Å². The van der Waals surface area contributed by atoms with E-state index in [1.54, 1.807) is 6.08 Å². The Morgan fingerprint density at radius 3 is 2.64 bits per heavy atom. The summed E-state index contributed by atoms with van der Waals surface area (Å²) in [5.41, 5.74) is -2.25. The highest BCUT2D eigenvalue weighted by atomic mass is 35.5. The lowest BCUT2D eigenvalue weighted by molar-refractivity contribution is -0.179. The molecule has 0 heterocycles. The first-order valence-electron chi connectivity index (χ1n) is 10.1. The van der Waals surface area contributed by atoms with Crippen LogP contribution in [0.5, 0.6) is 0 Å². The van der Waals surface area contributed by atoms with E-state index in [0.29, 0.717) is 19.3 Å². The molecule has 0 aromatic heterocycles. The van der Waals surface area contributed by atoms with Crippen molar-refractivity contribution in [2.75, 3.05) is 6.61 Å². The fourth-order valence-corrected chi connectivity index (χ4v) is 7.78. The quantitative estimate of drug-likeness (QED) is 0.608. The monoisotopic (exact) mass is 408 g/mol. The summed E-state index contributed by atoms with van der Waals surface area (Å²) in [7, 11) is 0. The van der Waals surface area contributed by atoms with Crippen LogP contribution in [0.15, 0.2) is 23.8 Å². The number of aliphatic hydroxyl groups is 3. The lowest BCUT2D eigenvalue weighted by Gasteiger charge is -2.63. The molecule has 3 fully saturated rings. The fourth-order valence-electron chi connectivity index (χ4n) is 7.26. The van der Waals surface area contributed by atoms with Gasteiger partial charge in [-0.15, -0.1) is 11.6 Å². The summed E-state index contributed by atoms with van der Waals surface area (Å²) in [5, 5.41) is 32.3. The first-order chi connectivity index (χ1) is 13.0. The molecule has 4 rings (SSSR count). The highest BCUT2D eigenvalue weighted by Gasteiger charge is 2.74. The predicted octanol–water partition coefficient (Wildman–Crippen LogP) is 2.17. The molecule has 0 amide bonds. The van der Waals surface area contributed by atoms with Gasteiger partial charge in [-0.05, 0) is 55.6 Å². The number of carbonyl (C=O) groups excluding carboxylic acids is 2. The number of ketones is 2. The zero-order valence-electron chi connectivity index (χ0n) is 16.6. The number of carbonyl (C=O) groups is 2. The number of Topliss-reactive ketones (excluding diaryl/α,β-unsaturated/α-hetero) is 1. The number of halogens is 1. The van der Waals surface area contributed by atoms with Crippen LogP contribution in [0.25, 0.3) is 0 Å². The number of fused-ring (bicyclic) bond motifs is 5. The maximum absolute atomic E-state index is 12.6. The maximum Gasteiger partial charge on any atom is 0.190 e. The predicted molar refractivity (Wildman–Crippen MR) is 105 cm³/mol. The average molecular weight is 409 g/mol. The van der Waals surface area contributed by atoms with Gasteiger partial charge in [0, 0.05) is 10.8 Å².